The highest BCUT2D eigenvalue weighted by atomic mass is 35.5. The Bertz CT molecular complexity index is 1340. The van der Waals surface area contributed by atoms with Crippen molar-refractivity contribution >= 4 is 27.6 Å². The van der Waals surface area contributed by atoms with Crippen molar-refractivity contribution in [3.8, 4) is 17.4 Å². The Hall–Kier alpha value is -3.10. The maximum absolute atomic E-state index is 13.6. The standard InChI is InChI=1S/C22H29ClN8O5S/c1-12(16(34-4)17-24-9-14(23)10-25-17)37(32,33)30-21-29-28-18(13-7-22(2,3)8-13)31(21)15-19(35-5)26-11-27-20(15)36-6/h9-13,16H,7-8H2,1-6H3,(H,29,30)/t12-,16-/m0/s1. The molecule has 1 saturated carbocycles. The van der Waals surface area contributed by atoms with E-state index in [4.69, 9.17) is 25.8 Å². The number of aromatic nitrogens is 7. The van der Waals surface area contributed by atoms with Gasteiger partial charge in [-0.3, -0.25) is 9.29 Å². The van der Waals surface area contributed by atoms with Gasteiger partial charge in [0.2, 0.25) is 27.7 Å². The highest BCUT2D eigenvalue weighted by Gasteiger charge is 2.42. The maximum atomic E-state index is 13.6. The van der Waals surface area contributed by atoms with E-state index in [1.54, 1.807) is 4.57 Å². The van der Waals surface area contributed by atoms with Gasteiger partial charge in [0.05, 0.1) is 19.2 Å². The number of sulfonamides is 1. The van der Waals surface area contributed by atoms with Crippen molar-refractivity contribution in [2.45, 2.75) is 50.9 Å². The fraction of sp³-hybridized carbons (Fsp3) is 0.545. The van der Waals surface area contributed by atoms with E-state index in [9.17, 15) is 8.42 Å². The Morgan fingerprint density at radius 1 is 1.05 bits per heavy atom. The van der Waals surface area contributed by atoms with E-state index in [0.29, 0.717) is 10.8 Å². The molecule has 3 aromatic rings. The molecule has 2 atom stereocenters. The Morgan fingerprint density at radius 3 is 2.16 bits per heavy atom. The average Bonchev–Trinajstić information content (AvgIpc) is 3.25. The van der Waals surface area contributed by atoms with Crippen LogP contribution in [0.3, 0.4) is 0 Å². The quantitative estimate of drug-likeness (QED) is 0.394. The molecule has 1 aliphatic rings. The fourth-order valence-electron chi connectivity index (χ4n) is 4.50. The lowest BCUT2D eigenvalue weighted by Crippen LogP contribution is -2.34. The molecular formula is C22H29ClN8O5S. The van der Waals surface area contributed by atoms with Crippen LogP contribution in [0.15, 0.2) is 18.7 Å². The summed E-state index contributed by atoms with van der Waals surface area (Å²) in [5, 5.41) is 7.75. The number of hydrogen-bond acceptors (Lipinski definition) is 11. The smallest absolute Gasteiger partial charge is 0.245 e. The van der Waals surface area contributed by atoms with Crippen molar-refractivity contribution < 1.29 is 22.6 Å². The molecule has 0 saturated heterocycles. The van der Waals surface area contributed by atoms with Gasteiger partial charge in [0.15, 0.2) is 11.5 Å². The van der Waals surface area contributed by atoms with Crippen molar-refractivity contribution in [1.29, 1.82) is 0 Å². The number of hydrogen-bond donors (Lipinski definition) is 1. The highest BCUT2D eigenvalue weighted by molar-refractivity contribution is 7.93. The first kappa shape index (κ1) is 26.9. The van der Waals surface area contributed by atoms with Gasteiger partial charge < -0.3 is 14.2 Å². The van der Waals surface area contributed by atoms with Crippen LogP contribution in [0, 0.1) is 5.41 Å². The second kappa shape index (κ2) is 10.3. The zero-order chi connectivity index (χ0) is 27.0. The molecule has 0 aromatic carbocycles. The maximum Gasteiger partial charge on any atom is 0.245 e. The van der Waals surface area contributed by atoms with Gasteiger partial charge in [-0.2, -0.15) is 9.97 Å². The second-order valence-electron chi connectivity index (χ2n) is 9.50. The lowest BCUT2D eigenvalue weighted by Gasteiger charge is -2.42. The molecule has 1 N–H and O–H groups in total. The Labute approximate surface area is 220 Å². The van der Waals surface area contributed by atoms with Crippen molar-refractivity contribution in [3.63, 3.8) is 0 Å². The summed E-state index contributed by atoms with van der Waals surface area (Å²) < 4.78 is 47.6. The third-order valence-electron chi connectivity index (χ3n) is 6.31. The summed E-state index contributed by atoms with van der Waals surface area (Å²) in [6.45, 7) is 5.80. The minimum absolute atomic E-state index is 0.0296. The third-order valence-corrected chi connectivity index (χ3v) is 8.20. The lowest BCUT2D eigenvalue weighted by atomic mass is 9.64. The van der Waals surface area contributed by atoms with E-state index >= 15 is 0 Å². The van der Waals surface area contributed by atoms with Crippen LogP contribution >= 0.6 is 11.6 Å². The minimum Gasteiger partial charge on any atom is -0.479 e. The van der Waals surface area contributed by atoms with Crippen LogP contribution in [0.4, 0.5) is 5.95 Å². The number of nitrogens with one attached hydrogen (secondary N) is 1. The Balaban J connectivity index is 1.77. The summed E-state index contributed by atoms with van der Waals surface area (Å²) in [5.74, 6) is 1.02. The summed E-state index contributed by atoms with van der Waals surface area (Å²) >= 11 is 5.88. The second-order valence-corrected chi connectivity index (χ2v) is 12.0. The molecule has 0 unspecified atom stereocenters. The van der Waals surface area contributed by atoms with Crippen molar-refractivity contribution in [2.24, 2.45) is 5.41 Å². The minimum atomic E-state index is -4.11. The van der Waals surface area contributed by atoms with Gasteiger partial charge in [-0.15, -0.1) is 10.2 Å². The van der Waals surface area contributed by atoms with E-state index in [1.165, 1.54) is 47.0 Å². The van der Waals surface area contributed by atoms with Crippen molar-refractivity contribution in [3.05, 3.63) is 35.4 Å². The van der Waals surface area contributed by atoms with Crippen molar-refractivity contribution in [2.75, 3.05) is 26.1 Å². The van der Waals surface area contributed by atoms with Crippen LogP contribution in [0.1, 0.15) is 57.3 Å². The van der Waals surface area contributed by atoms with Crippen LogP contribution in [-0.4, -0.2) is 69.7 Å². The Kier molecular flexibility index (Phi) is 7.53. The van der Waals surface area contributed by atoms with Crippen LogP contribution < -0.4 is 14.2 Å². The molecule has 0 bridgehead atoms. The Morgan fingerprint density at radius 2 is 1.65 bits per heavy atom. The van der Waals surface area contributed by atoms with E-state index < -0.39 is 21.4 Å². The van der Waals surface area contributed by atoms with E-state index in [1.807, 2.05) is 0 Å². The molecule has 13 nitrogen and oxygen atoms in total. The molecule has 4 rings (SSSR count). The monoisotopic (exact) mass is 552 g/mol. The molecule has 0 amide bonds. The van der Waals surface area contributed by atoms with E-state index in [0.717, 1.165) is 12.8 Å². The van der Waals surface area contributed by atoms with Crippen molar-refractivity contribution in [1.82, 2.24) is 34.7 Å². The first-order chi connectivity index (χ1) is 17.5. The highest BCUT2D eigenvalue weighted by Crippen LogP contribution is 2.51. The number of rotatable bonds is 10. The summed E-state index contributed by atoms with van der Waals surface area (Å²) in [5.41, 5.74) is 0.410. The topological polar surface area (TPSA) is 156 Å². The van der Waals surface area contributed by atoms with Gasteiger partial charge in [0.25, 0.3) is 0 Å². The van der Waals surface area contributed by atoms with Gasteiger partial charge in [-0.1, -0.05) is 25.4 Å². The number of ether oxygens (including phenoxy) is 3. The molecule has 0 aliphatic heterocycles. The number of halogens is 1. The SMILES string of the molecule is COc1ncnc(OC)c1-n1c(NS(=O)(=O)[C@@H](C)[C@H](OC)c2ncc(Cl)cn2)nnc1C1CC(C)(C)C1. The zero-order valence-corrected chi connectivity index (χ0v) is 22.9. The largest absolute Gasteiger partial charge is 0.479 e. The molecule has 0 radical (unpaired) electrons. The predicted octanol–water partition coefficient (Wildman–Crippen LogP) is 2.94. The van der Waals surface area contributed by atoms with Crippen LogP contribution in [0.25, 0.3) is 5.69 Å². The number of methoxy groups -OCH3 is 3. The fourth-order valence-corrected chi connectivity index (χ4v) is 5.73. The van der Waals surface area contributed by atoms with E-state index in [-0.39, 0.29) is 40.6 Å². The number of anilines is 1. The molecule has 1 fully saturated rings. The molecule has 37 heavy (non-hydrogen) atoms. The molecule has 1 aliphatic carbocycles. The summed E-state index contributed by atoms with van der Waals surface area (Å²) in [6, 6.07) is 0. The molecule has 3 heterocycles. The van der Waals surface area contributed by atoms with Crippen LogP contribution in [0.5, 0.6) is 11.8 Å². The summed E-state index contributed by atoms with van der Waals surface area (Å²) in [6.07, 6.45) is 4.73. The average molecular weight is 553 g/mol. The van der Waals surface area contributed by atoms with Gasteiger partial charge in [-0.25, -0.2) is 18.4 Å². The van der Waals surface area contributed by atoms with Gasteiger partial charge >= 0.3 is 0 Å². The summed E-state index contributed by atoms with van der Waals surface area (Å²) in [4.78, 5) is 16.6. The number of nitrogens with zero attached hydrogens (tertiary/aromatic N) is 7. The van der Waals surface area contributed by atoms with Gasteiger partial charge in [0, 0.05) is 25.4 Å². The third kappa shape index (κ3) is 5.31. The molecule has 200 valence electrons. The molecular weight excluding hydrogens is 524 g/mol. The first-order valence-electron chi connectivity index (χ1n) is 11.4. The first-order valence-corrected chi connectivity index (χ1v) is 13.3. The van der Waals surface area contributed by atoms with Crippen LogP contribution in [-0.2, 0) is 14.8 Å². The molecule has 0 spiro atoms. The van der Waals surface area contributed by atoms with Gasteiger partial charge in [0.1, 0.15) is 23.5 Å². The summed E-state index contributed by atoms with van der Waals surface area (Å²) in [7, 11) is 0.164. The lowest BCUT2D eigenvalue weighted by molar-refractivity contribution is 0.0950. The normalized spacial score (nSPS) is 17.1. The molecule has 3 aromatic heterocycles. The predicted molar refractivity (Wildman–Crippen MR) is 135 cm³/mol. The van der Waals surface area contributed by atoms with Gasteiger partial charge in [-0.05, 0) is 25.2 Å². The zero-order valence-electron chi connectivity index (χ0n) is 21.3. The van der Waals surface area contributed by atoms with Crippen LogP contribution in [0.2, 0.25) is 5.02 Å². The molecule has 15 heteroatoms. The van der Waals surface area contributed by atoms with E-state index in [2.05, 4.69) is 48.7 Å².